The van der Waals surface area contributed by atoms with Crippen molar-refractivity contribution in [2.75, 3.05) is 6.61 Å². The molecular formula is C4H4O2S. The molecule has 0 aromatic rings. The van der Waals surface area contributed by atoms with Gasteiger partial charge >= 0.3 is 0 Å². The molecule has 0 saturated heterocycles. The van der Waals surface area contributed by atoms with Crippen LogP contribution in [0.1, 0.15) is 0 Å². The van der Waals surface area contributed by atoms with Crippen LogP contribution in [-0.4, -0.2) is 11.5 Å². The molecule has 38 valence electrons. The lowest BCUT2D eigenvalue weighted by atomic mass is 10.4. The summed E-state index contributed by atoms with van der Waals surface area (Å²) in [6.07, 6.45) is 3.12. The Labute approximate surface area is 46.7 Å². The second-order valence-electron chi connectivity index (χ2n) is 1.13. The van der Waals surface area contributed by atoms with E-state index in [1.165, 1.54) is 6.26 Å². The van der Waals surface area contributed by atoms with E-state index in [4.69, 9.17) is 12.2 Å². The summed E-state index contributed by atoms with van der Waals surface area (Å²) in [7, 11) is 0. The van der Waals surface area contributed by atoms with Crippen LogP contribution < -0.4 is 0 Å². The maximum atomic E-state index is 4.71. The molecule has 1 rings (SSSR count). The molecule has 0 saturated carbocycles. The number of thiocarbonyl (C=S) groups is 1. The van der Waals surface area contributed by atoms with E-state index < -0.39 is 0 Å². The van der Waals surface area contributed by atoms with Crippen molar-refractivity contribution in [1.29, 1.82) is 0 Å². The molecule has 0 bridgehead atoms. The highest BCUT2D eigenvalue weighted by Crippen LogP contribution is 1.92. The van der Waals surface area contributed by atoms with Crippen LogP contribution in [0.25, 0.3) is 0 Å². The first-order chi connectivity index (χ1) is 3.39. The topological polar surface area (TPSA) is 18.5 Å². The van der Waals surface area contributed by atoms with Gasteiger partial charge in [-0.3, -0.25) is 0 Å². The lowest BCUT2D eigenvalue weighted by molar-refractivity contribution is -0.237. The van der Waals surface area contributed by atoms with E-state index in [0.717, 1.165) is 4.86 Å². The third-order valence-corrected chi connectivity index (χ3v) is 0.833. The SMILES string of the molecule is S=C1C=COOC1. The summed E-state index contributed by atoms with van der Waals surface area (Å²) in [5, 5.41) is 0. The Morgan fingerprint density at radius 3 is 2.86 bits per heavy atom. The number of rotatable bonds is 0. The molecule has 2 nitrogen and oxygen atoms in total. The summed E-state index contributed by atoms with van der Waals surface area (Å²) in [6, 6.07) is 0. The van der Waals surface area contributed by atoms with E-state index in [0.29, 0.717) is 6.61 Å². The molecule has 0 fully saturated rings. The third kappa shape index (κ3) is 1.25. The van der Waals surface area contributed by atoms with Crippen molar-refractivity contribution in [3.05, 3.63) is 12.3 Å². The lowest BCUT2D eigenvalue weighted by Crippen LogP contribution is -2.06. The normalized spacial score (nSPS) is 19.1. The van der Waals surface area contributed by atoms with E-state index in [1.807, 2.05) is 0 Å². The van der Waals surface area contributed by atoms with Crippen LogP contribution in [0.15, 0.2) is 12.3 Å². The van der Waals surface area contributed by atoms with Gasteiger partial charge in [0.1, 0.15) is 12.9 Å². The fourth-order valence-electron chi connectivity index (χ4n) is 0.283. The van der Waals surface area contributed by atoms with Gasteiger partial charge in [-0.2, -0.15) is 4.89 Å². The average Bonchev–Trinajstić information content (AvgIpc) is 1.69. The van der Waals surface area contributed by atoms with Crippen LogP contribution in [0.4, 0.5) is 0 Å². The van der Waals surface area contributed by atoms with E-state index in [1.54, 1.807) is 6.08 Å². The van der Waals surface area contributed by atoms with Crippen molar-refractivity contribution in [2.45, 2.75) is 0 Å². The van der Waals surface area contributed by atoms with Crippen LogP contribution in [0.3, 0.4) is 0 Å². The Hall–Kier alpha value is -0.410. The maximum absolute atomic E-state index is 4.71. The smallest absolute Gasteiger partial charge is 0.130 e. The third-order valence-electron chi connectivity index (χ3n) is 0.579. The fraction of sp³-hybridized carbons (Fsp3) is 0.250. The zero-order chi connectivity index (χ0) is 5.11. The van der Waals surface area contributed by atoms with Gasteiger partial charge in [0.25, 0.3) is 0 Å². The summed E-state index contributed by atoms with van der Waals surface area (Å²) in [5.74, 6) is 0. The number of hydrogen-bond acceptors (Lipinski definition) is 3. The Kier molecular flexibility index (Phi) is 1.38. The molecule has 0 aliphatic carbocycles. The highest BCUT2D eigenvalue weighted by molar-refractivity contribution is 7.80. The number of hydrogen-bond donors (Lipinski definition) is 0. The van der Waals surface area contributed by atoms with Gasteiger partial charge in [-0.15, -0.1) is 0 Å². The van der Waals surface area contributed by atoms with Gasteiger partial charge in [0.2, 0.25) is 0 Å². The molecule has 0 spiro atoms. The van der Waals surface area contributed by atoms with Gasteiger partial charge in [-0.25, -0.2) is 0 Å². The van der Waals surface area contributed by atoms with Crippen molar-refractivity contribution >= 4 is 17.1 Å². The summed E-state index contributed by atoms with van der Waals surface area (Å²) >= 11 is 4.71. The van der Waals surface area contributed by atoms with Crippen molar-refractivity contribution in [2.24, 2.45) is 0 Å². The molecule has 0 amide bonds. The van der Waals surface area contributed by atoms with Gasteiger partial charge in [-0.05, 0) is 6.08 Å². The minimum Gasteiger partial charge on any atom is -0.345 e. The van der Waals surface area contributed by atoms with Crippen molar-refractivity contribution in [3.63, 3.8) is 0 Å². The Balaban J connectivity index is 2.51. The van der Waals surface area contributed by atoms with Gasteiger partial charge in [-0.1, -0.05) is 12.2 Å². The Morgan fingerprint density at radius 2 is 2.57 bits per heavy atom. The molecule has 1 aliphatic heterocycles. The second-order valence-corrected chi connectivity index (χ2v) is 1.65. The summed E-state index contributed by atoms with van der Waals surface area (Å²) in [6.45, 7) is 0.409. The monoisotopic (exact) mass is 116 g/mol. The van der Waals surface area contributed by atoms with Gasteiger partial charge in [0, 0.05) is 4.86 Å². The fourth-order valence-corrected chi connectivity index (χ4v) is 0.387. The van der Waals surface area contributed by atoms with Crippen LogP contribution in [0, 0.1) is 0 Å². The standard InChI is InChI=1S/C4H4O2S/c7-4-1-2-5-6-3-4/h1-2H,3H2. The average molecular weight is 116 g/mol. The Morgan fingerprint density at radius 1 is 1.71 bits per heavy atom. The molecule has 1 heterocycles. The molecule has 1 aliphatic rings. The van der Waals surface area contributed by atoms with Gasteiger partial charge in [0.05, 0.1) is 0 Å². The Bertz CT molecular complexity index is 108. The van der Waals surface area contributed by atoms with E-state index in [2.05, 4.69) is 9.78 Å². The molecule has 0 aromatic heterocycles. The molecule has 3 heteroatoms. The highest BCUT2D eigenvalue weighted by Gasteiger charge is 1.95. The molecule has 7 heavy (non-hydrogen) atoms. The summed E-state index contributed by atoms with van der Waals surface area (Å²) < 4.78 is 0. The predicted molar refractivity (Wildman–Crippen MR) is 28.8 cm³/mol. The lowest BCUT2D eigenvalue weighted by Gasteiger charge is -2.02. The maximum Gasteiger partial charge on any atom is 0.130 e. The van der Waals surface area contributed by atoms with Crippen LogP contribution in [0.5, 0.6) is 0 Å². The van der Waals surface area contributed by atoms with Gasteiger partial charge < -0.3 is 4.89 Å². The van der Waals surface area contributed by atoms with Crippen LogP contribution in [0.2, 0.25) is 0 Å². The molecule has 0 unspecified atom stereocenters. The molecule has 0 aromatic carbocycles. The zero-order valence-electron chi connectivity index (χ0n) is 3.59. The van der Waals surface area contributed by atoms with Crippen molar-refractivity contribution < 1.29 is 9.78 Å². The largest absolute Gasteiger partial charge is 0.345 e. The van der Waals surface area contributed by atoms with Gasteiger partial charge in [0.15, 0.2) is 0 Å². The highest BCUT2D eigenvalue weighted by atomic mass is 32.1. The summed E-state index contributed by atoms with van der Waals surface area (Å²) in [4.78, 5) is 9.60. The van der Waals surface area contributed by atoms with Crippen molar-refractivity contribution in [3.8, 4) is 0 Å². The minimum absolute atomic E-state index is 0.409. The van der Waals surface area contributed by atoms with Crippen LogP contribution >= 0.6 is 12.2 Å². The molecule has 0 radical (unpaired) electrons. The van der Waals surface area contributed by atoms with Crippen LogP contribution in [-0.2, 0) is 9.78 Å². The second kappa shape index (κ2) is 2.04. The molecular weight excluding hydrogens is 112 g/mol. The minimum atomic E-state index is 0.409. The molecule has 0 atom stereocenters. The predicted octanol–water partition coefficient (Wildman–Crippen LogP) is 0.832. The zero-order valence-corrected chi connectivity index (χ0v) is 4.40. The van der Waals surface area contributed by atoms with E-state index in [9.17, 15) is 0 Å². The van der Waals surface area contributed by atoms with E-state index in [-0.39, 0.29) is 0 Å². The van der Waals surface area contributed by atoms with Crippen molar-refractivity contribution in [1.82, 2.24) is 0 Å². The van der Waals surface area contributed by atoms with E-state index >= 15 is 0 Å². The first kappa shape index (κ1) is 4.74. The first-order valence-corrected chi connectivity index (χ1v) is 2.28. The molecule has 0 N–H and O–H groups in total. The quantitative estimate of drug-likeness (QED) is 0.345. The first-order valence-electron chi connectivity index (χ1n) is 1.87. The summed E-state index contributed by atoms with van der Waals surface area (Å²) in [5.41, 5.74) is 0.